The van der Waals surface area contributed by atoms with Crippen LogP contribution >= 0.6 is 0 Å². The van der Waals surface area contributed by atoms with Crippen molar-refractivity contribution in [1.82, 2.24) is 14.7 Å². The SMILES string of the molecule is CCCCOC(=O)N1CCC(Cn2ccc(-c3cccc(-c4ccccc4)c3)n2)CC1. The number of piperidine rings is 1. The Labute approximate surface area is 184 Å². The van der Waals surface area contributed by atoms with Crippen molar-refractivity contribution in [3.8, 4) is 22.4 Å². The second kappa shape index (κ2) is 10.3. The highest BCUT2D eigenvalue weighted by Gasteiger charge is 2.24. The predicted molar refractivity (Wildman–Crippen MR) is 124 cm³/mol. The molecule has 1 fully saturated rings. The van der Waals surface area contributed by atoms with Crippen LogP contribution in [0.5, 0.6) is 0 Å². The van der Waals surface area contributed by atoms with Crippen molar-refractivity contribution < 1.29 is 9.53 Å². The summed E-state index contributed by atoms with van der Waals surface area (Å²) in [6, 6.07) is 21.0. The first-order valence-electron chi connectivity index (χ1n) is 11.3. The van der Waals surface area contributed by atoms with Crippen LogP contribution in [0.1, 0.15) is 32.6 Å². The van der Waals surface area contributed by atoms with E-state index in [-0.39, 0.29) is 6.09 Å². The zero-order valence-corrected chi connectivity index (χ0v) is 18.2. The van der Waals surface area contributed by atoms with Crippen LogP contribution < -0.4 is 0 Å². The van der Waals surface area contributed by atoms with Crippen molar-refractivity contribution in [2.75, 3.05) is 19.7 Å². The fourth-order valence-electron chi connectivity index (χ4n) is 4.06. The first-order chi connectivity index (χ1) is 15.2. The maximum atomic E-state index is 12.1. The molecule has 2 aromatic carbocycles. The lowest BCUT2D eigenvalue weighted by Crippen LogP contribution is -2.39. The Bertz CT molecular complexity index is 975. The molecule has 31 heavy (non-hydrogen) atoms. The standard InChI is InChI=1S/C26H31N3O2/c1-2-3-18-31-26(30)28-15-12-21(13-16-28)20-29-17-14-25(27-29)24-11-7-10-23(19-24)22-8-5-4-6-9-22/h4-11,14,17,19,21H,2-3,12-13,15-16,18,20H2,1H3. The van der Waals surface area contributed by atoms with Gasteiger partial charge in [-0.25, -0.2) is 4.79 Å². The number of rotatable bonds is 7. The normalized spacial score (nSPS) is 14.5. The maximum absolute atomic E-state index is 12.1. The van der Waals surface area contributed by atoms with E-state index in [0.29, 0.717) is 12.5 Å². The molecule has 0 spiro atoms. The summed E-state index contributed by atoms with van der Waals surface area (Å²) in [6.07, 6.45) is 5.85. The second-order valence-electron chi connectivity index (χ2n) is 8.27. The molecule has 0 radical (unpaired) electrons. The molecule has 0 atom stereocenters. The number of likely N-dealkylation sites (tertiary alicyclic amines) is 1. The third-order valence-corrected chi connectivity index (χ3v) is 5.95. The van der Waals surface area contributed by atoms with Gasteiger partial charge in [-0.15, -0.1) is 0 Å². The molecule has 1 aliphatic rings. The summed E-state index contributed by atoms with van der Waals surface area (Å²) in [5.74, 6) is 0.531. The lowest BCUT2D eigenvalue weighted by Gasteiger charge is -2.31. The van der Waals surface area contributed by atoms with Crippen molar-refractivity contribution >= 4 is 6.09 Å². The van der Waals surface area contributed by atoms with Crippen molar-refractivity contribution in [3.05, 3.63) is 66.9 Å². The number of nitrogens with zero attached hydrogens (tertiary/aromatic N) is 3. The van der Waals surface area contributed by atoms with E-state index >= 15 is 0 Å². The molecule has 4 rings (SSSR count). The second-order valence-corrected chi connectivity index (χ2v) is 8.27. The van der Waals surface area contributed by atoms with Crippen molar-refractivity contribution in [1.29, 1.82) is 0 Å². The summed E-state index contributed by atoms with van der Waals surface area (Å²) in [6.45, 7) is 5.04. The quantitative estimate of drug-likeness (QED) is 0.452. The van der Waals surface area contributed by atoms with Crippen LogP contribution in [0.4, 0.5) is 4.79 Å². The van der Waals surface area contributed by atoms with Gasteiger partial charge in [-0.2, -0.15) is 5.10 Å². The molecule has 0 unspecified atom stereocenters. The van der Waals surface area contributed by atoms with Crippen LogP contribution in [0.3, 0.4) is 0 Å². The van der Waals surface area contributed by atoms with Crippen molar-refractivity contribution in [2.45, 2.75) is 39.2 Å². The van der Waals surface area contributed by atoms with Crippen LogP contribution in [0.2, 0.25) is 0 Å². The van der Waals surface area contributed by atoms with E-state index < -0.39 is 0 Å². The zero-order chi connectivity index (χ0) is 21.5. The third kappa shape index (κ3) is 5.54. The van der Waals surface area contributed by atoms with Gasteiger partial charge in [0.15, 0.2) is 0 Å². The van der Waals surface area contributed by atoms with Gasteiger partial charge in [0.1, 0.15) is 0 Å². The highest BCUT2D eigenvalue weighted by Crippen LogP contribution is 2.26. The average molecular weight is 418 g/mol. The number of ether oxygens (including phenoxy) is 1. The van der Waals surface area contributed by atoms with Gasteiger partial charge in [0.25, 0.3) is 0 Å². The van der Waals surface area contributed by atoms with Gasteiger partial charge in [-0.3, -0.25) is 4.68 Å². The van der Waals surface area contributed by atoms with Gasteiger partial charge >= 0.3 is 6.09 Å². The van der Waals surface area contributed by atoms with E-state index in [1.54, 1.807) is 0 Å². The van der Waals surface area contributed by atoms with Crippen LogP contribution in [0, 0.1) is 5.92 Å². The van der Waals surface area contributed by atoms with Gasteiger partial charge in [-0.05, 0) is 48.4 Å². The number of aromatic nitrogens is 2. The Morgan fingerprint density at radius 3 is 2.52 bits per heavy atom. The molecule has 5 nitrogen and oxygen atoms in total. The number of carbonyl (C=O) groups excluding carboxylic acids is 1. The molecule has 162 valence electrons. The fraction of sp³-hybridized carbons (Fsp3) is 0.385. The van der Waals surface area contributed by atoms with Crippen molar-refractivity contribution in [3.63, 3.8) is 0 Å². The molecule has 3 aromatic rings. The van der Waals surface area contributed by atoms with Crippen LogP contribution in [0.15, 0.2) is 66.9 Å². The Morgan fingerprint density at radius 1 is 1.00 bits per heavy atom. The Morgan fingerprint density at radius 2 is 1.74 bits per heavy atom. The number of amides is 1. The summed E-state index contributed by atoms with van der Waals surface area (Å²) in [7, 11) is 0. The summed E-state index contributed by atoms with van der Waals surface area (Å²) in [5, 5.41) is 4.82. The highest BCUT2D eigenvalue weighted by molar-refractivity contribution is 5.71. The van der Waals surface area contributed by atoms with E-state index in [4.69, 9.17) is 9.84 Å². The molecule has 0 N–H and O–H groups in total. The van der Waals surface area contributed by atoms with Crippen LogP contribution in [-0.2, 0) is 11.3 Å². The number of unbranched alkanes of at least 4 members (excludes halogenated alkanes) is 1. The van der Waals surface area contributed by atoms with Crippen LogP contribution in [0.25, 0.3) is 22.4 Å². The average Bonchev–Trinajstić information content (AvgIpc) is 3.29. The first-order valence-corrected chi connectivity index (χ1v) is 11.3. The molecular formula is C26H31N3O2. The largest absolute Gasteiger partial charge is 0.449 e. The number of carbonyl (C=O) groups is 1. The minimum Gasteiger partial charge on any atom is -0.449 e. The van der Waals surface area contributed by atoms with E-state index in [1.165, 1.54) is 11.1 Å². The van der Waals surface area contributed by atoms with Gasteiger partial charge in [-0.1, -0.05) is 61.9 Å². The molecule has 0 saturated carbocycles. The molecule has 1 aromatic heterocycles. The Hall–Kier alpha value is -3.08. The molecule has 0 aliphatic carbocycles. The van der Waals surface area contributed by atoms with Crippen molar-refractivity contribution in [2.24, 2.45) is 5.92 Å². The minimum absolute atomic E-state index is 0.161. The van der Waals surface area contributed by atoms with Gasteiger partial charge < -0.3 is 9.64 Å². The van der Waals surface area contributed by atoms with E-state index in [2.05, 4.69) is 67.7 Å². The topological polar surface area (TPSA) is 47.4 Å². The lowest BCUT2D eigenvalue weighted by molar-refractivity contribution is 0.0846. The molecule has 2 heterocycles. The fourth-order valence-corrected chi connectivity index (χ4v) is 4.06. The van der Waals surface area contributed by atoms with E-state index in [1.807, 2.05) is 15.6 Å². The molecule has 1 saturated heterocycles. The molecular weight excluding hydrogens is 386 g/mol. The highest BCUT2D eigenvalue weighted by atomic mass is 16.6. The number of hydrogen-bond donors (Lipinski definition) is 0. The zero-order valence-electron chi connectivity index (χ0n) is 18.2. The van der Waals surface area contributed by atoms with Gasteiger partial charge in [0, 0.05) is 31.4 Å². The monoisotopic (exact) mass is 417 g/mol. The minimum atomic E-state index is -0.161. The summed E-state index contributed by atoms with van der Waals surface area (Å²) in [4.78, 5) is 14.0. The molecule has 0 bridgehead atoms. The van der Waals surface area contributed by atoms with Gasteiger partial charge in [0.2, 0.25) is 0 Å². The summed E-state index contributed by atoms with van der Waals surface area (Å²) < 4.78 is 7.38. The smallest absolute Gasteiger partial charge is 0.409 e. The van der Waals surface area contributed by atoms with Crippen LogP contribution in [-0.4, -0.2) is 40.5 Å². The lowest BCUT2D eigenvalue weighted by atomic mass is 9.97. The molecule has 5 heteroatoms. The molecule has 1 amide bonds. The first kappa shape index (κ1) is 21.2. The maximum Gasteiger partial charge on any atom is 0.409 e. The predicted octanol–water partition coefficient (Wildman–Crippen LogP) is 5.87. The van der Waals surface area contributed by atoms with E-state index in [0.717, 1.165) is 56.6 Å². The Kier molecular flexibility index (Phi) is 7.03. The summed E-state index contributed by atoms with van der Waals surface area (Å²) >= 11 is 0. The Balaban J connectivity index is 1.33. The molecule has 1 aliphatic heterocycles. The third-order valence-electron chi connectivity index (χ3n) is 5.95. The van der Waals surface area contributed by atoms with E-state index in [9.17, 15) is 4.79 Å². The summed E-state index contributed by atoms with van der Waals surface area (Å²) in [5.41, 5.74) is 4.54. The van der Waals surface area contributed by atoms with Gasteiger partial charge in [0.05, 0.1) is 12.3 Å². The number of hydrogen-bond acceptors (Lipinski definition) is 3. The number of benzene rings is 2.